The molecule has 194 valence electrons. The van der Waals surface area contributed by atoms with Crippen LogP contribution in [-0.2, 0) is 10.0 Å². The lowest BCUT2D eigenvalue weighted by molar-refractivity contribution is 0.0955. The lowest BCUT2D eigenvalue weighted by Gasteiger charge is -2.08. The van der Waals surface area contributed by atoms with E-state index in [-0.39, 0.29) is 4.90 Å². The van der Waals surface area contributed by atoms with E-state index in [1.54, 1.807) is 29.1 Å². The van der Waals surface area contributed by atoms with Crippen molar-refractivity contribution >= 4 is 27.8 Å². The second-order valence-corrected chi connectivity index (χ2v) is 10.5. The molecule has 4 aromatic carbocycles. The van der Waals surface area contributed by atoms with Crippen molar-refractivity contribution in [1.29, 1.82) is 0 Å². The van der Waals surface area contributed by atoms with Crippen LogP contribution in [0.5, 0.6) is 0 Å². The monoisotopic (exact) mass is 535 g/mol. The Morgan fingerprint density at radius 1 is 0.846 bits per heavy atom. The summed E-state index contributed by atoms with van der Waals surface area (Å²) >= 11 is 0. The molecular weight excluding hydrogens is 510 g/mol. The van der Waals surface area contributed by atoms with Crippen LogP contribution < -0.4 is 10.1 Å². The average Bonchev–Trinajstić information content (AvgIpc) is 3.39. The molecule has 1 amide bonds. The minimum absolute atomic E-state index is 0.154. The molecule has 0 saturated carbocycles. The van der Waals surface area contributed by atoms with Gasteiger partial charge < -0.3 is 0 Å². The van der Waals surface area contributed by atoms with E-state index < -0.39 is 15.9 Å². The zero-order chi connectivity index (χ0) is 27.2. The van der Waals surface area contributed by atoms with E-state index in [4.69, 9.17) is 5.10 Å². The number of amides is 1. The van der Waals surface area contributed by atoms with Crippen LogP contribution in [0.1, 0.15) is 21.5 Å². The maximum atomic E-state index is 12.7. The van der Waals surface area contributed by atoms with Crippen LogP contribution in [0.15, 0.2) is 125 Å². The summed E-state index contributed by atoms with van der Waals surface area (Å²) in [6, 6.07) is 31.9. The molecular formula is C30H25N5O3S. The molecule has 0 radical (unpaired) electrons. The quantitative estimate of drug-likeness (QED) is 0.205. The van der Waals surface area contributed by atoms with Gasteiger partial charge in [-0.2, -0.15) is 10.2 Å². The van der Waals surface area contributed by atoms with Crippen molar-refractivity contribution in [2.45, 2.75) is 11.8 Å². The fourth-order valence-electron chi connectivity index (χ4n) is 3.86. The molecule has 0 spiro atoms. The fraction of sp³-hybridized carbons (Fsp3) is 0.0333. The number of benzene rings is 4. The minimum Gasteiger partial charge on any atom is -0.280 e. The van der Waals surface area contributed by atoms with Gasteiger partial charge in [0.15, 0.2) is 0 Å². The second kappa shape index (κ2) is 11.2. The van der Waals surface area contributed by atoms with Crippen molar-refractivity contribution in [3.8, 4) is 16.9 Å². The van der Waals surface area contributed by atoms with Crippen LogP contribution in [0.4, 0.5) is 5.69 Å². The number of para-hydroxylation sites is 1. The van der Waals surface area contributed by atoms with Gasteiger partial charge in [0.1, 0.15) is 5.69 Å². The van der Waals surface area contributed by atoms with Crippen LogP contribution in [0.25, 0.3) is 16.9 Å². The number of hydrazone groups is 1. The number of hydrogen-bond acceptors (Lipinski definition) is 5. The molecule has 5 rings (SSSR count). The first-order chi connectivity index (χ1) is 18.9. The molecule has 8 nitrogen and oxygen atoms in total. The summed E-state index contributed by atoms with van der Waals surface area (Å²) < 4.78 is 29.3. The van der Waals surface area contributed by atoms with Crippen molar-refractivity contribution in [1.82, 2.24) is 15.2 Å². The van der Waals surface area contributed by atoms with E-state index in [1.165, 1.54) is 36.4 Å². The standard InChI is InChI=1S/C30H25N5O3S/c1-22-12-14-23(15-13-22)29-25(21-35(33-29)27-8-4-2-5-9-27)20-31-32-30(36)24-16-18-26(19-17-24)34-39(37,38)28-10-6-3-7-11-28/h2-21,34H,1H3,(H,32,36). The summed E-state index contributed by atoms with van der Waals surface area (Å²) in [5.41, 5.74) is 7.63. The Morgan fingerprint density at radius 2 is 1.49 bits per heavy atom. The third-order valence-electron chi connectivity index (χ3n) is 5.91. The van der Waals surface area contributed by atoms with Crippen molar-refractivity contribution in [2.75, 3.05) is 4.72 Å². The summed E-state index contributed by atoms with van der Waals surface area (Å²) in [6.45, 7) is 2.02. The molecule has 0 fully saturated rings. The highest BCUT2D eigenvalue weighted by molar-refractivity contribution is 7.92. The first-order valence-electron chi connectivity index (χ1n) is 12.1. The normalized spacial score (nSPS) is 11.4. The van der Waals surface area contributed by atoms with Gasteiger partial charge in [0.05, 0.1) is 16.8 Å². The number of anilines is 1. The number of hydrogen-bond donors (Lipinski definition) is 2. The number of carbonyl (C=O) groups is 1. The Balaban J connectivity index is 1.31. The summed E-state index contributed by atoms with van der Waals surface area (Å²) in [7, 11) is -3.72. The van der Waals surface area contributed by atoms with E-state index in [9.17, 15) is 13.2 Å². The van der Waals surface area contributed by atoms with Crippen LogP contribution >= 0.6 is 0 Å². The Morgan fingerprint density at radius 3 is 2.15 bits per heavy atom. The summed E-state index contributed by atoms with van der Waals surface area (Å²) in [5.74, 6) is -0.434. The highest BCUT2D eigenvalue weighted by Crippen LogP contribution is 2.23. The molecule has 9 heteroatoms. The molecule has 1 aromatic heterocycles. The molecule has 0 aliphatic rings. The largest absolute Gasteiger partial charge is 0.280 e. The molecule has 5 aromatic rings. The van der Waals surface area contributed by atoms with E-state index >= 15 is 0 Å². The predicted molar refractivity (Wildman–Crippen MR) is 152 cm³/mol. The first kappa shape index (κ1) is 25.6. The summed E-state index contributed by atoms with van der Waals surface area (Å²) in [6.07, 6.45) is 3.41. The Labute approximate surface area is 226 Å². The summed E-state index contributed by atoms with van der Waals surface area (Å²) in [4.78, 5) is 12.8. The minimum atomic E-state index is -3.72. The smallest absolute Gasteiger partial charge is 0.271 e. The van der Waals surface area contributed by atoms with Gasteiger partial charge in [0, 0.05) is 28.6 Å². The van der Waals surface area contributed by atoms with Gasteiger partial charge in [0.25, 0.3) is 15.9 Å². The fourth-order valence-corrected chi connectivity index (χ4v) is 4.94. The number of aryl methyl sites for hydroxylation is 1. The molecule has 0 aliphatic heterocycles. The molecule has 1 heterocycles. The maximum absolute atomic E-state index is 12.7. The molecule has 0 atom stereocenters. The van der Waals surface area contributed by atoms with Gasteiger partial charge in [-0.15, -0.1) is 0 Å². The van der Waals surface area contributed by atoms with Crippen LogP contribution in [-0.4, -0.2) is 30.3 Å². The van der Waals surface area contributed by atoms with Crippen LogP contribution in [0.2, 0.25) is 0 Å². The Bertz CT molecular complexity index is 1710. The average molecular weight is 536 g/mol. The lowest BCUT2D eigenvalue weighted by atomic mass is 10.1. The van der Waals surface area contributed by atoms with E-state index in [0.29, 0.717) is 11.3 Å². The molecule has 0 unspecified atom stereocenters. The lowest BCUT2D eigenvalue weighted by Crippen LogP contribution is -2.18. The van der Waals surface area contributed by atoms with Crippen molar-refractivity contribution in [3.05, 3.63) is 132 Å². The van der Waals surface area contributed by atoms with Crippen molar-refractivity contribution in [3.63, 3.8) is 0 Å². The summed E-state index contributed by atoms with van der Waals surface area (Å²) in [5, 5.41) is 8.91. The van der Waals surface area contributed by atoms with Gasteiger partial charge >= 0.3 is 0 Å². The molecule has 39 heavy (non-hydrogen) atoms. The van der Waals surface area contributed by atoms with Crippen LogP contribution in [0.3, 0.4) is 0 Å². The van der Waals surface area contributed by atoms with Crippen molar-refractivity contribution in [2.24, 2.45) is 5.10 Å². The number of sulfonamides is 1. The highest BCUT2D eigenvalue weighted by atomic mass is 32.2. The highest BCUT2D eigenvalue weighted by Gasteiger charge is 2.14. The number of rotatable bonds is 8. The molecule has 0 bridgehead atoms. The SMILES string of the molecule is Cc1ccc(-c2nn(-c3ccccc3)cc2C=NNC(=O)c2ccc(NS(=O)(=O)c3ccccc3)cc2)cc1. The number of aromatic nitrogens is 2. The Hall–Kier alpha value is -5.02. The van der Waals surface area contributed by atoms with E-state index in [2.05, 4.69) is 15.2 Å². The first-order valence-corrected chi connectivity index (χ1v) is 13.6. The van der Waals surface area contributed by atoms with Gasteiger partial charge in [-0.1, -0.05) is 66.2 Å². The second-order valence-electron chi connectivity index (χ2n) is 8.77. The van der Waals surface area contributed by atoms with Gasteiger partial charge in [0.2, 0.25) is 0 Å². The zero-order valence-electron chi connectivity index (χ0n) is 21.0. The van der Waals surface area contributed by atoms with Crippen molar-refractivity contribution < 1.29 is 13.2 Å². The zero-order valence-corrected chi connectivity index (χ0v) is 21.8. The predicted octanol–water partition coefficient (Wildman–Crippen LogP) is 5.41. The third kappa shape index (κ3) is 6.11. The number of nitrogens with one attached hydrogen (secondary N) is 2. The van der Waals surface area contributed by atoms with Crippen LogP contribution in [0, 0.1) is 6.92 Å². The molecule has 0 aliphatic carbocycles. The molecule has 0 saturated heterocycles. The van der Waals surface area contributed by atoms with E-state index in [0.717, 1.165) is 28.1 Å². The number of carbonyl (C=O) groups excluding carboxylic acids is 1. The Kier molecular flexibility index (Phi) is 7.33. The van der Waals surface area contributed by atoms with Gasteiger partial charge in [-0.3, -0.25) is 9.52 Å². The topological polar surface area (TPSA) is 105 Å². The molecule has 2 N–H and O–H groups in total. The van der Waals surface area contributed by atoms with Gasteiger partial charge in [-0.25, -0.2) is 18.5 Å². The van der Waals surface area contributed by atoms with Gasteiger partial charge in [-0.05, 0) is 55.5 Å². The third-order valence-corrected chi connectivity index (χ3v) is 7.31. The van der Waals surface area contributed by atoms with E-state index in [1.807, 2.05) is 67.7 Å². The number of nitrogens with zero attached hydrogens (tertiary/aromatic N) is 3. The maximum Gasteiger partial charge on any atom is 0.271 e.